The molecule has 0 saturated heterocycles. The maximum Gasteiger partial charge on any atom is 0.122 e. The van der Waals surface area contributed by atoms with Gasteiger partial charge in [0.25, 0.3) is 0 Å². The summed E-state index contributed by atoms with van der Waals surface area (Å²) in [6.45, 7) is 2.91. The van der Waals surface area contributed by atoms with Crippen LogP contribution in [0.15, 0.2) is 18.2 Å². The molecule has 19 heavy (non-hydrogen) atoms. The Morgan fingerprint density at radius 3 is 2.95 bits per heavy atom. The summed E-state index contributed by atoms with van der Waals surface area (Å²) in [7, 11) is 1.68. The number of hydrogen-bond acceptors (Lipinski definition) is 3. The molecule has 1 N–H and O–H groups in total. The summed E-state index contributed by atoms with van der Waals surface area (Å²) < 4.78 is 10.8. The third kappa shape index (κ3) is 3.71. The summed E-state index contributed by atoms with van der Waals surface area (Å²) in [5.74, 6) is 1.02. The molecule has 0 radical (unpaired) electrons. The van der Waals surface area contributed by atoms with Crippen LogP contribution < -0.4 is 4.74 Å². The first-order valence-electron chi connectivity index (χ1n) is 7.20. The summed E-state index contributed by atoms with van der Waals surface area (Å²) in [4.78, 5) is 0. The molecule has 0 aliphatic carbocycles. The van der Waals surface area contributed by atoms with Crippen LogP contribution in [-0.2, 0) is 17.6 Å². The molecular formula is C16H24O3. The molecule has 2 atom stereocenters. The number of benzene rings is 1. The van der Waals surface area contributed by atoms with E-state index in [4.69, 9.17) is 9.47 Å². The van der Waals surface area contributed by atoms with Crippen LogP contribution in [0.3, 0.4) is 0 Å². The molecule has 106 valence electrons. The smallest absolute Gasteiger partial charge is 0.122 e. The van der Waals surface area contributed by atoms with Gasteiger partial charge in [-0.1, -0.05) is 25.5 Å². The average molecular weight is 264 g/mol. The van der Waals surface area contributed by atoms with Crippen molar-refractivity contribution in [3.05, 3.63) is 29.3 Å². The van der Waals surface area contributed by atoms with Crippen molar-refractivity contribution in [2.45, 2.75) is 51.2 Å². The number of methoxy groups -OCH3 is 1. The van der Waals surface area contributed by atoms with Crippen molar-refractivity contribution >= 4 is 0 Å². The fraction of sp³-hybridized carbons (Fsp3) is 0.625. The third-order valence-corrected chi connectivity index (χ3v) is 3.79. The number of ether oxygens (including phenoxy) is 2. The Labute approximate surface area is 115 Å². The van der Waals surface area contributed by atoms with Gasteiger partial charge in [-0.05, 0) is 36.5 Å². The van der Waals surface area contributed by atoms with Gasteiger partial charge in [0, 0.05) is 13.5 Å². The first-order chi connectivity index (χ1) is 9.24. The highest BCUT2D eigenvalue weighted by Gasteiger charge is 2.18. The maximum absolute atomic E-state index is 10.1. The van der Waals surface area contributed by atoms with E-state index in [0.717, 1.165) is 44.5 Å². The maximum atomic E-state index is 10.1. The molecule has 1 heterocycles. The zero-order valence-corrected chi connectivity index (χ0v) is 11.9. The molecule has 0 fully saturated rings. The van der Waals surface area contributed by atoms with Gasteiger partial charge in [-0.25, -0.2) is 0 Å². The van der Waals surface area contributed by atoms with Gasteiger partial charge in [-0.3, -0.25) is 0 Å². The Balaban J connectivity index is 1.87. The quantitative estimate of drug-likeness (QED) is 0.823. The monoisotopic (exact) mass is 264 g/mol. The van der Waals surface area contributed by atoms with E-state index < -0.39 is 0 Å². The predicted octanol–water partition coefficient (Wildman–Crippen LogP) is 2.73. The van der Waals surface area contributed by atoms with Gasteiger partial charge in [0.2, 0.25) is 0 Å². The largest absolute Gasteiger partial charge is 0.493 e. The SMILES string of the molecule is CCCC(OC)C(O)CCc1ccc2c(c1)CCO2. The molecule has 2 rings (SSSR count). The number of aliphatic hydroxyl groups excluding tert-OH is 1. The van der Waals surface area contributed by atoms with Crippen molar-refractivity contribution in [2.75, 3.05) is 13.7 Å². The number of fused-ring (bicyclic) bond motifs is 1. The van der Waals surface area contributed by atoms with Crippen LogP contribution in [0.1, 0.15) is 37.3 Å². The molecule has 0 bridgehead atoms. The van der Waals surface area contributed by atoms with Crippen molar-refractivity contribution in [3.63, 3.8) is 0 Å². The van der Waals surface area contributed by atoms with Gasteiger partial charge < -0.3 is 14.6 Å². The lowest BCUT2D eigenvalue weighted by molar-refractivity contribution is -0.0199. The second kappa shape index (κ2) is 6.92. The van der Waals surface area contributed by atoms with Gasteiger partial charge in [-0.2, -0.15) is 0 Å². The fourth-order valence-electron chi connectivity index (χ4n) is 2.65. The minimum atomic E-state index is -0.380. The molecule has 0 spiro atoms. The minimum Gasteiger partial charge on any atom is -0.493 e. The standard InChI is InChI=1S/C16H24O3/c1-3-4-16(18-2)14(17)7-5-12-6-8-15-13(11-12)9-10-19-15/h6,8,11,14,16-17H,3-5,7,9-10H2,1-2H3. The van der Waals surface area contributed by atoms with Gasteiger partial charge in [0.1, 0.15) is 5.75 Å². The predicted molar refractivity (Wildman–Crippen MR) is 75.7 cm³/mol. The first-order valence-corrected chi connectivity index (χ1v) is 7.20. The van der Waals surface area contributed by atoms with E-state index in [1.165, 1.54) is 11.1 Å². The third-order valence-electron chi connectivity index (χ3n) is 3.79. The highest BCUT2D eigenvalue weighted by atomic mass is 16.5. The summed E-state index contributed by atoms with van der Waals surface area (Å²) in [5.41, 5.74) is 2.57. The van der Waals surface area contributed by atoms with Crippen molar-refractivity contribution < 1.29 is 14.6 Å². The summed E-state index contributed by atoms with van der Waals surface area (Å²) in [5, 5.41) is 10.1. The van der Waals surface area contributed by atoms with Crippen molar-refractivity contribution in [1.82, 2.24) is 0 Å². The summed E-state index contributed by atoms with van der Waals surface area (Å²) in [6, 6.07) is 6.35. The molecule has 0 saturated carbocycles. The molecule has 0 amide bonds. The van der Waals surface area contributed by atoms with Crippen molar-refractivity contribution in [2.24, 2.45) is 0 Å². The Hall–Kier alpha value is -1.06. The van der Waals surface area contributed by atoms with Crippen LogP contribution in [0.4, 0.5) is 0 Å². The average Bonchev–Trinajstić information content (AvgIpc) is 2.89. The molecule has 1 aliphatic heterocycles. The number of aliphatic hydroxyl groups is 1. The zero-order valence-electron chi connectivity index (χ0n) is 11.9. The molecule has 1 aromatic rings. The van der Waals surface area contributed by atoms with Crippen molar-refractivity contribution in [3.8, 4) is 5.75 Å². The fourth-order valence-corrected chi connectivity index (χ4v) is 2.65. The zero-order chi connectivity index (χ0) is 13.7. The molecule has 3 nitrogen and oxygen atoms in total. The Bertz CT molecular complexity index is 403. The lowest BCUT2D eigenvalue weighted by atomic mass is 9.99. The molecule has 1 aromatic carbocycles. The Kier molecular flexibility index (Phi) is 5.23. The van der Waals surface area contributed by atoms with E-state index in [9.17, 15) is 5.11 Å². The van der Waals surface area contributed by atoms with Crippen LogP contribution in [0.2, 0.25) is 0 Å². The molecule has 1 aliphatic rings. The normalized spacial score (nSPS) is 16.8. The second-order valence-corrected chi connectivity index (χ2v) is 5.21. The summed E-state index contributed by atoms with van der Waals surface area (Å²) >= 11 is 0. The molecule has 2 unspecified atom stereocenters. The Morgan fingerprint density at radius 1 is 1.37 bits per heavy atom. The van der Waals surface area contributed by atoms with Crippen LogP contribution in [-0.4, -0.2) is 31.0 Å². The number of rotatable bonds is 7. The van der Waals surface area contributed by atoms with Crippen molar-refractivity contribution in [1.29, 1.82) is 0 Å². The minimum absolute atomic E-state index is 0.0391. The first kappa shape index (κ1) is 14.4. The van der Waals surface area contributed by atoms with Crippen LogP contribution >= 0.6 is 0 Å². The van der Waals surface area contributed by atoms with E-state index >= 15 is 0 Å². The van der Waals surface area contributed by atoms with E-state index in [0.29, 0.717) is 0 Å². The molecule has 0 aromatic heterocycles. The Morgan fingerprint density at radius 2 is 2.21 bits per heavy atom. The van der Waals surface area contributed by atoms with E-state index in [2.05, 4.69) is 19.1 Å². The van der Waals surface area contributed by atoms with Gasteiger partial charge >= 0.3 is 0 Å². The van der Waals surface area contributed by atoms with Gasteiger partial charge in [0.15, 0.2) is 0 Å². The number of hydrogen-bond donors (Lipinski definition) is 1. The highest BCUT2D eigenvalue weighted by Crippen LogP contribution is 2.26. The number of aryl methyl sites for hydroxylation is 1. The van der Waals surface area contributed by atoms with E-state index in [1.54, 1.807) is 7.11 Å². The second-order valence-electron chi connectivity index (χ2n) is 5.21. The molecular weight excluding hydrogens is 240 g/mol. The van der Waals surface area contributed by atoms with Gasteiger partial charge in [-0.15, -0.1) is 0 Å². The van der Waals surface area contributed by atoms with Crippen LogP contribution in [0, 0.1) is 0 Å². The van der Waals surface area contributed by atoms with Gasteiger partial charge in [0.05, 0.1) is 18.8 Å². The van der Waals surface area contributed by atoms with E-state index in [-0.39, 0.29) is 12.2 Å². The summed E-state index contributed by atoms with van der Waals surface area (Å²) in [6.07, 6.45) is 4.16. The topological polar surface area (TPSA) is 38.7 Å². The molecule has 3 heteroatoms. The highest BCUT2D eigenvalue weighted by molar-refractivity contribution is 5.39. The lowest BCUT2D eigenvalue weighted by Crippen LogP contribution is -2.28. The van der Waals surface area contributed by atoms with Crippen LogP contribution in [0.5, 0.6) is 5.75 Å². The van der Waals surface area contributed by atoms with E-state index in [1.807, 2.05) is 6.07 Å². The van der Waals surface area contributed by atoms with Crippen LogP contribution in [0.25, 0.3) is 0 Å². The lowest BCUT2D eigenvalue weighted by Gasteiger charge is -2.21.